The largest absolute Gasteiger partial charge is 0.494 e. The van der Waals surface area contributed by atoms with Gasteiger partial charge in [0.2, 0.25) is 0 Å². The van der Waals surface area contributed by atoms with Crippen molar-refractivity contribution in [3.8, 4) is 11.8 Å². The van der Waals surface area contributed by atoms with E-state index in [1.165, 1.54) is 45.2 Å². The summed E-state index contributed by atoms with van der Waals surface area (Å²) in [7, 11) is 0. The highest BCUT2D eigenvalue weighted by molar-refractivity contribution is 5.39. The molecule has 2 aromatic rings. The normalized spacial score (nSPS) is 26.0. The van der Waals surface area contributed by atoms with Crippen LogP contribution in [0.4, 0.5) is 0 Å². The number of benzene rings is 2. The van der Waals surface area contributed by atoms with Crippen LogP contribution in [0.3, 0.4) is 0 Å². The molecule has 0 bridgehead atoms. The summed E-state index contributed by atoms with van der Waals surface area (Å²) in [6, 6.07) is 18.8. The van der Waals surface area contributed by atoms with Gasteiger partial charge in [0.1, 0.15) is 5.75 Å². The van der Waals surface area contributed by atoms with E-state index < -0.39 is 0 Å². The maximum Gasteiger partial charge on any atom is 0.119 e. The number of nitrogens with one attached hydrogen (secondary N) is 1. The third-order valence-electron chi connectivity index (χ3n) is 8.06. The van der Waals surface area contributed by atoms with Crippen molar-refractivity contribution in [2.24, 2.45) is 11.8 Å². The Hall–Kier alpha value is -2.35. The van der Waals surface area contributed by atoms with Crippen molar-refractivity contribution >= 4 is 0 Å². The molecule has 2 fully saturated rings. The Balaban J connectivity index is 1.22. The topological polar surface area (TPSA) is 48.3 Å². The molecule has 0 spiro atoms. The zero-order valence-corrected chi connectivity index (χ0v) is 19.1. The number of nitrogens with zero attached hydrogens (tertiary/aromatic N) is 2. The van der Waals surface area contributed by atoms with E-state index in [4.69, 9.17) is 10.00 Å². The number of nitriles is 1. The second-order valence-corrected chi connectivity index (χ2v) is 9.81. The molecule has 1 saturated carbocycles. The summed E-state index contributed by atoms with van der Waals surface area (Å²) in [5.74, 6) is 2.31. The molecule has 3 aliphatic rings. The highest BCUT2D eigenvalue weighted by atomic mass is 16.5. The van der Waals surface area contributed by atoms with Crippen LogP contribution in [0.5, 0.6) is 5.75 Å². The number of hydrogen-bond acceptors (Lipinski definition) is 4. The van der Waals surface area contributed by atoms with Crippen LogP contribution in [0.15, 0.2) is 48.5 Å². The molecule has 2 aromatic carbocycles. The van der Waals surface area contributed by atoms with E-state index in [0.717, 1.165) is 44.2 Å². The number of fused-ring (bicyclic) bond motifs is 1. The van der Waals surface area contributed by atoms with E-state index in [-0.39, 0.29) is 5.54 Å². The molecule has 1 aliphatic carbocycles. The maximum absolute atomic E-state index is 8.92. The van der Waals surface area contributed by atoms with Gasteiger partial charge in [-0.2, -0.15) is 5.26 Å². The van der Waals surface area contributed by atoms with Crippen LogP contribution in [0, 0.1) is 23.2 Å². The molecule has 2 heterocycles. The fraction of sp³-hybridized carbons (Fsp3) is 0.536. The molecule has 0 aromatic heterocycles. The maximum atomic E-state index is 8.92. The van der Waals surface area contributed by atoms with Crippen molar-refractivity contribution in [1.29, 1.82) is 5.26 Å². The van der Waals surface area contributed by atoms with Crippen LogP contribution >= 0.6 is 0 Å². The van der Waals surface area contributed by atoms with Crippen LogP contribution in [-0.2, 0) is 12.0 Å². The van der Waals surface area contributed by atoms with E-state index >= 15 is 0 Å². The zero-order valence-electron chi connectivity index (χ0n) is 19.1. The Labute approximate surface area is 192 Å². The Morgan fingerprint density at radius 2 is 1.84 bits per heavy atom. The van der Waals surface area contributed by atoms with Crippen molar-refractivity contribution in [1.82, 2.24) is 10.2 Å². The van der Waals surface area contributed by atoms with Gasteiger partial charge in [0.25, 0.3) is 0 Å². The summed E-state index contributed by atoms with van der Waals surface area (Å²) in [5.41, 5.74) is 4.02. The third-order valence-corrected chi connectivity index (χ3v) is 8.06. The lowest BCUT2D eigenvalue weighted by atomic mass is 9.65. The molecule has 2 atom stereocenters. The minimum absolute atomic E-state index is 0.166. The van der Waals surface area contributed by atoms with Crippen LogP contribution in [0.25, 0.3) is 0 Å². The Kier molecular flexibility index (Phi) is 6.48. The quantitative estimate of drug-likeness (QED) is 0.637. The van der Waals surface area contributed by atoms with Crippen molar-refractivity contribution < 1.29 is 4.74 Å². The van der Waals surface area contributed by atoms with Gasteiger partial charge in [0.05, 0.1) is 23.8 Å². The van der Waals surface area contributed by atoms with Crippen molar-refractivity contribution in [2.45, 2.75) is 50.5 Å². The minimum Gasteiger partial charge on any atom is -0.494 e. The minimum atomic E-state index is 0.166. The van der Waals surface area contributed by atoms with Gasteiger partial charge in [-0.3, -0.25) is 0 Å². The first-order chi connectivity index (χ1) is 15.8. The first-order valence-electron chi connectivity index (χ1n) is 12.5. The Morgan fingerprint density at radius 1 is 1.03 bits per heavy atom. The van der Waals surface area contributed by atoms with E-state index in [9.17, 15) is 0 Å². The second-order valence-electron chi connectivity index (χ2n) is 9.81. The lowest BCUT2D eigenvalue weighted by Gasteiger charge is -2.49. The fourth-order valence-electron chi connectivity index (χ4n) is 6.60. The van der Waals surface area contributed by atoms with Gasteiger partial charge in [-0.1, -0.05) is 37.1 Å². The summed E-state index contributed by atoms with van der Waals surface area (Å²) < 4.78 is 5.91. The number of ether oxygens (including phenoxy) is 1. The molecule has 0 amide bonds. The van der Waals surface area contributed by atoms with Crippen molar-refractivity contribution in [3.05, 3.63) is 65.2 Å². The first kappa shape index (κ1) is 21.5. The molecule has 2 aliphatic heterocycles. The summed E-state index contributed by atoms with van der Waals surface area (Å²) in [6.45, 7) is 5.31. The molecular weight excluding hydrogens is 394 g/mol. The van der Waals surface area contributed by atoms with Gasteiger partial charge in [0.15, 0.2) is 0 Å². The van der Waals surface area contributed by atoms with Crippen molar-refractivity contribution in [2.75, 3.05) is 32.8 Å². The molecule has 5 rings (SSSR count). The standard InChI is InChI=1S/C28H35N3O/c29-20-22-10-12-26(13-11-22)32-19-5-17-31-18-15-25(21-31)28(24-7-2-3-8-24)27-9-4-1-6-23(27)14-16-30-28/h1,4,6,9-13,24-25,30H,2-3,5,7-8,14-19,21H2. The van der Waals surface area contributed by atoms with Gasteiger partial charge >= 0.3 is 0 Å². The molecule has 4 heteroatoms. The van der Waals surface area contributed by atoms with Gasteiger partial charge in [0, 0.05) is 19.6 Å². The summed E-state index contributed by atoms with van der Waals surface area (Å²) >= 11 is 0. The molecule has 168 valence electrons. The average molecular weight is 430 g/mol. The Morgan fingerprint density at radius 3 is 2.66 bits per heavy atom. The van der Waals surface area contributed by atoms with Gasteiger partial charge in [-0.05, 0) is 85.9 Å². The molecule has 0 radical (unpaired) electrons. The number of hydrogen-bond donors (Lipinski definition) is 1. The lowest BCUT2D eigenvalue weighted by molar-refractivity contribution is 0.114. The first-order valence-corrected chi connectivity index (χ1v) is 12.5. The highest BCUT2D eigenvalue weighted by Crippen LogP contribution is 2.50. The van der Waals surface area contributed by atoms with E-state index in [2.05, 4.69) is 40.6 Å². The summed E-state index contributed by atoms with van der Waals surface area (Å²) in [6.07, 6.45) is 9.00. The van der Waals surface area contributed by atoms with Crippen LogP contribution in [0.1, 0.15) is 55.2 Å². The molecule has 1 N–H and O–H groups in total. The summed E-state index contributed by atoms with van der Waals surface area (Å²) in [4.78, 5) is 2.66. The van der Waals surface area contributed by atoms with Crippen LogP contribution in [0.2, 0.25) is 0 Å². The molecule has 1 saturated heterocycles. The van der Waals surface area contributed by atoms with Crippen molar-refractivity contribution in [3.63, 3.8) is 0 Å². The predicted octanol–water partition coefficient (Wildman–Crippen LogP) is 4.88. The predicted molar refractivity (Wildman–Crippen MR) is 128 cm³/mol. The van der Waals surface area contributed by atoms with E-state index in [0.29, 0.717) is 11.5 Å². The highest BCUT2D eigenvalue weighted by Gasteiger charge is 2.50. The third kappa shape index (κ3) is 4.17. The van der Waals surface area contributed by atoms with Gasteiger partial charge in [-0.25, -0.2) is 0 Å². The van der Waals surface area contributed by atoms with Crippen LogP contribution < -0.4 is 10.1 Å². The number of rotatable bonds is 7. The zero-order chi connectivity index (χ0) is 21.8. The van der Waals surface area contributed by atoms with Gasteiger partial charge in [-0.15, -0.1) is 0 Å². The fourth-order valence-corrected chi connectivity index (χ4v) is 6.60. The van der Waals surface area contributed by atoms with E-state index in [1.807, 2.05) is 24.3 Å². The monoisotopic (exact) mass is 429 g/mol. The van der Waals surface area contributed by atoms with Crippen LogP contribution in [-0.4, -0.2) is 37.7 Å². The SMILES string of the molecule is N#Cc1ccc(OCCCN2CCC(C3(C4CCCC4)NCCc4ccccc43)C2)cc1. The summed E-state index contributed by atoms with van der Waals surface area (Å²) in [5, 5.41) is 13.0. The Bertz CT molecular complexity index is 944. The van der Waals surface area contributed by atoms with E-state index in [1.54, 1.807) is 11.1 Å². The number of likely N-dealkylation sites (tertiary alicyclic amines) is 1. The smallest absolute Gasteiger partial charge is 0.119 e. The molecule has 32 heavy (non-hydrogen) atoms. The lowest BCUT2D eigenvalue weighted by Crippen LogP contribution is -2.57. The molecular formula is C28H35N3O. The second kappa shape index (κ2) is 9.65. The van der Waals surface area contributed by atoms with Gasteiger partial charge < -0.3 is 15.0 Å². The average Bonchev–Trinajstić information content (AvgIpc) is 3.55. The molecule has 2 unspecified atom stereocenters. The molecule has 4 nitrogen and oxygen atoms in total.